The zero-order valence-electron chi connectivity index (χ0n) is 15.7. The highest BCUT2D eigenvalue weighted by Crippen LogP contribution is 2.60. The van der Waals surface area contributed by atoms with Gasteiger partial charge in [-0.15, -0.1) is 0 Å². The summed E-state index contributed by atoms with van der Waals surface area (Å²) in [6, 6.07) is 2.97. The summed E-state index contributed by atoms with van der Waals surface area (Å²) in [7, 11) is 0. The third-order valence-electron chi connectivity index (χ3n) is 4.32. The molecule has 0 bridgehead atoms. The summed E-state index contributed by atoms with van der Waals surface area (Å²) in [6.45, 7) is 0. The Bertz CT molecular complexity index is 927. The summed E-state index contributed by atoms with van der Waals surface area (Å²) in [5.41, 5.74) is 4.73. The van der Waals surface area contributed by atoms with Gasteiger partial charge in [0.05, 0.1) is 0 Å². The van der Waals surface area contributed by atoms with Gasteiger partial charge in [0.15, 0.2) is 0 Å². The van der Waals surface area contributed by atoms with Gasteiger partial charge in [-0.2, -0.15) is 52.7 Å². The maximum atomic E-state index is 14.8. The lowest BCUT2D eigenvalue weighted by molar-refractivity contribution is -0.505. The van der Waals surface area contributed by atoms with Crippen LogP contribution in [-0.2, 0) is 16.6 Å². The van der Waals surface area contributed by atoms with E-state index in [-0.39, 0.29) is 24.3 Å². The molecule has 2 aromatic carbocycles. The predicted octanol–water partition coefficient (Wildman–Crippen LogP) is 6.21. The quantitative estimate of drug-likeness (QED) is 0.367. The zero-order chi connectivity index (χ0) is 25.7. The summed E-state index contributed by atoms with van der Waals surface area (Å²) in [6.07, 6.45) is -14.3. The van der Waals surface area contributed by atoms with Crippen molar-refractivity contribution in [2.45, 2.75) is 35.9 Å². The Morgan fingerprint density at radius 2 is 0.818 bits per heavy atom. The highest BCUT2D eigenvalue weighted by atomic mass is 19.4. The first kappa shape index (κ1) is 26.4. The lowest BCUT2D eigenvalue weighted by atomic mass is 9.96. The third kappa shape index (κ3) is 4.25. The second kappa shape index (κ2) is 7.88. The number of nitrogens with two attached hydrogens (primary N) is 2. The van der Waals surface area contributed by atoms with Crippen molar-refractivity contribution in [1.29, 1.82) is 0 Å². The Kier molecular flexibility index (Phi) is 6.31. The Morgan fingerprint density at radius 3 is 1.06 bits per heavy atom. The minimum absolute atomic E-state index is 0.00691. The van der Waals surface area contributed by atoms with Crippen LogP contribution in [0.4, 0.5) is 64.1 Å². The molecule has 0 saturated carbocycles. The normalized spacial score (nSPS) is 17.3. The Balaban J connectivity index is 2.79. The number of hydrogen-bond donors (Lipinski definition) is 2. The first-order valence-electron chi connectivity index (χ1n) is 8.40. The molecule has 0 heterocycles. The third-order valence-corrected chi connectivity index (χ3v) is 4.32. The van der Waals surface area contributed by atoms with Crippen molar-refractivity contribution in [2.24, 2.45) is 0 Å². The van der Waals surface area contributed by atoms with E-state index in [2.05, 4.69) is 4.74 Å². The van der Waals surface area contributed by atoms with Crippen molar-refractivity contribution in [3.63, 3.8) is 0 Å². The molecule has 2 unspecified atom stereocenters. The van der Waals surface area contributed by atoms with Gasteiger partial charge < -0.3 is 11.5 Å². The molecule has 0 amide bonds. The van der Waals surface area contributed by atoms with Crippen molar-refractivity contribution in [1.82, 2.24) is 0 Å². The number of halogens is 12. The number of ether oxygens (including phenoxy) is 1. The zero-order valence-corrected chi connectivity index (χ0v) is 15.7. The van der Waals surface area contributed by atoms with Crippen LogP contribution in [0.25, 0.3) is 0 Å². The van der Waals surface area contributed by atoms with Gasteiger partial charge in [-0.05, 0) is 24.3 Å². The number of rotatable bonds is 6. The molecule has 2 rings (SSSR count). The molecule has 184 valence electrons. The molecule has 33 heavy (non-hydrogen) atoms. The fourth-order valence-corrected chi connectivity index (χ4v) is 2.63. The van der Waals surface area contributed by atoms with Crippen molar-refractivity contribution < 1.29 is 57.4 Å². The molecular formula is C18H12F12N2O. The van der Waals surface area contributed by atoms with Crippen molar-refractivity contribution >= 4 is 11.4 Å². The average molecular weight is 500 g/mol. The van der Waals surface area contributed by atoms with E-state index >= 15 is 0 Å². The Labute approximate surface area is 176 Å². The van der Waals surface area contributed by atoms with Crippen LogP contribution < -0.4 is 11.5 Å². The molecule has 0 aliphatic carbocycles. The Morgan fingerprint density at radius 1 is 0.515 bits per heavy atom. The van der Waals surface area contributed by atoms with Gasteiger partial charge in [0.1, 0.15) is 0 Å². The van der Waals surface area contributed by atoms with E-state index in [1.807, 2.05) is 0 Å². The van der Waals surface area contributed by atoms with Crippen LogP contribution in [0.1, 0.15) is 11.1 Å². The molecule has 0 fully saturated rings. The predicted molar refractivity (Wildman–Crippen MR) is 90.4 cm³/mol. The molecule has 2 atom stereocenters. The van der Waals surface area contributed by atoms with Gasteiger partial charge in [-0.1, -0.05) is 24.3 Å². The van der Waals surface area contributed by atoms with Crippen LogP contribution in [0.15, 0.2) is 48.5 Å². The van der Waals surface area contributed by atoms with Gasteiger partial charge in [0.2, 0.25) is 0 Å². The van der Waals surface area contributed by atoms with Crippen molar-refractivity contribution in [3.8, 4) is 0 Å². The summed E-state index contributed by atoms with van der Waals surface area (Å²) < 4.78 is 171. The van der Waals surface area contributed by atoms with Gasteiger partial charge in [0, 0.05) is 22.5 Å². The largest absolute Gasteiger partial charge is 0.455 e. The highest BCUT2D eigenvalue weighted by molar-refractivity contribution is 5.44. The maximum Gasteiger partial charge on any atom is 0.455 e. The molecular weight excluding hydrogens is 488 g/mol. The number of nitrogen functional groups attached to an aromatic ring is 2. The Hall–Kier alpha value is -2.84. The van der Waals surface area contributed by atoms with Crippen LogP contribution in [0.2, 0.25) is 0 Å². The minimum atomic E-state index is -7.16. The van der Waals surface area contributed by atoms with Crippen LogP contribution in [0.3, 0.4) is 0 Å². The minimum Gasteiger partial charge on any atom is -0.399 e. The summed E-state index contributed by atoms with van der Waals surface area (Å²) in [5, 5.41) is 0. The van der Waals surface area contributed by atoms with E-state index in [0.717, 1.165) is 12.1 Å². The lowest BCUT2D eigenvalue weighted by Crippen LogP contribution is -2.66. The molecule has 4 N–H and O–H groups in total. The fourth-order valence-electron chi connectivity index (χ4n) is 2.63. The van der Waals surface area contributed by atoms with E-state index < -0.39 is 58.4 Å². The lowest BCUT2D eigenvalue weighted by Gasteiger charge is -2.42. The van der Waals surface area contributed by atoms with E-state index in [4.69, 9.17) is 11.5 Å². The molecule has 0 aliphatic heterocycles. The standard InChI is InChI=1S/C18H12F12N2O/c19-13(20,9-3-1-5-11(31)7-9)15(23,17(25,26)27)33-16(24,18(28,29)30)14(21,22)10-4-2-6-12(32)8-10/h1-8H,31-32H2. The maximum absolute atomic E-state index is 14.8. The number of anilines is 2. The van der Waals surface area contributed by atoms with Crippen molar-refractivity contribution in [2.75, 3.05) is 11.5 Å². The topological polar surface area (TPSA) is 61.3 Å². The van der Waals surface area contributed by atoms with Gasteiger partial charge in [-0.3, -0.25) is 4.74 Å². The van der Waals surface area contributed by atoms with Crippen molar-refractivity contribution in [3.05, 3.63) is 59.7 Å². The number of hydrogen-bond acceptors (Lipinski definition) is 3. The highest BCUT2D eigenvalue weighted by Gasteiger charge is 2.83. The molecule has 0 aromatic heterocycles. The molecule has 0 spiro atoms. The second-order valence-electron chi connectivity index (χ2n) is 6.69. The second-order valence-corrected chi connectivity index (χ2v) is 6.69. The van der Waals surface area contributed by atoms with Crippen LogP contribution >= 0.6 is 0 Å². The monoisotopic (exact) mass is 500 g/mol. The molecule has 2 aromatic rings. The molecule has 3 nitrogen and oxygen atoms in total. The SMILES string of the molecule is Nc1cccc(C(F)(F)C(F)(OC(F)(C(F)(F)F)C(F)(F)c2cccc(N)c2)C(F)(F)F)c1. The van der Waals surface area contributed by atoms with E-state index in [1.54, 1.807) is 0 Å². The summed E-state index contributed by atoms with van der Waals surface area (Å²) >= 11 is 0. The number of benzene rings is 2. The summed E-state index contributed by atoms with van der Waals surface area (Å²) in [4.78, 5) is 0. The van der Waals surface area contributed by atoms with Crippen LogP contribution in [0.5, 0.6) is 0 Å². The van der Waals surface area contributed by atoms with Crippen LogP contribution in [0, 0.1) is 0 Å². The first-order chi connectivity index (χ1) is 14.7. The summed E-state index contributed by atoms with van der Waals surface area (Å²) in [5.74, 6) is -26.3. The number of alkyl halides is 12. The van der Waals surface area contributed by atoms with Gasteiger partial charge in [0.25, 0.3) is 0 Å². The van der Waals surface area contributed by atoms with E-state index in [9.17, 15) is 52.7 Å². The van der Waals surface area contributed by atoms with Gasteiger partial charge >= 0.3 is 35.9 Å². The molecule has 15 heteroatoms. The molecule has 0 radical (unpaired) electrons. The van der Waals surface area contributed by atoms with E-state index in [1.165, 1.54) is 0 Å². The molecule has 0 saturated heterocycles. The van der Waals surface area contributed by atoms with E-state index in [0.29, 0.717) is 12.1 Å². The average Bonchev–Trinajstić information content (AvgIpc) is 2.65. The smallest absolute Gasteiger partial charge is 0.399 e. The first-order valence-corrected chi connectivity index (χ1v) is 8.40. The van der Waals surface area contributed by atoms with Crippen LogP contribution in [-0.4, -0.2) is 24.1 Å². The molecule has 0 aliphatic rings. The van der Waals surface area contributed by atoms with Gasteiger partial charge in [-0.25, -0.2) is 0 Å². The fraction of sp³-hybridized carbons (Fsp3) is 0.333.